The van der Waals surface area contributed by atoms with Crippen LogP contribution in [0.5, 0.6) is 11.6 Å². The van der Waals surface area contributed by atoms with Gasteiger partial charge < -0.3 is 20.3 Å². The highest BCUT2D eigenvalue weighted by Gasteiger charge is 2.20. The molecule has 1 saturated carbocycles. The van der Waals surface area contributed by atoms with Crippen LogP contribution in [0.25, 0.3) is 0 Å². The molecule has 6 nitrogen and oxygen atoms in total. The Kier molecular flexibility index (Phi) is 6.67. The molecule has 0 spiro atoms. The van der Waals surface area contributed by atoms with Crippen molar-refractivity contribution in [2.24, 2.45) is 0 Å². The van der Waals surface area contributed by atoms with E-state index in [9.17, 15) is 0 Å². The molecule has 170 valence electrons. The van der Waals surface area contributed by atoms with E-state index in [0.717, 1.165) is 43.9 Å². The molecule has 0 radical (unpaired) electrons. The lowest BCUT2D eigenvalue weighted by molar-refractivity contribution is 0.414. The van der Waals surface area contributed by atoms with Crippen LogP contribution in [0.2, 0.25) is 0 Å². The van der Waals surface area contributed by atoms with E-state index in [2.05, 4.69) is 44.8 Å². The Balaban J connectivity index is 1.37. The van der Waals surface area contributed by atoms with E-state index in [4.69, 9.17) is 21.9 Å². The lowest BCUT2D eigenvalue weighted by Gasteiger charge is -2.30. The van der Waals surface area contributed by atoms with Crippen LogP contribution in [0.4, 0.5) is 11.8 Å². The Morgan fingerprint density at radius 1 is 0.939 bits per heavy atom. The van der Waals surface area contributed by atoms with Gasteiger partial charge in [-0.2, -0.15) is 9.97 Å². The summed E-state index contributed by atoms with van der Waals surface area (Å²) in [6.07, 6.45) is 7.09. The van der Waals surface area contributed by atoms with Gasteiger partial charge >= 0.3 is 0 Å². The van der Waals surface area contributed by atoms with E-state index < -0.39 is 0 Å². The summed E-state index contributed by atoms with van der Waals surface area (Å²) in [7, 11) is 0. The number of aromatic nitrogens is 2. The minimum Gasteiger partial charge on any atom is -0.439 e. The van der Waals surface area contributed by atoms with Crippen molar-refractivity contribution in [2.75, 3.05) is 16.8 Å². The van der Waals surface area contributed by atoms with Gasteiger partial charge in [-0.3, -0.25) is 0 Å². The van der Waals surface area contributed by atoms with Crippen LogP contribution in [0.15, 0.2) is 60.7 Å². The predicted octanol–water partition coefficient (Wildman–Crippen LogP) is 5.45. The minimum absolute atomic E-state index is 0.417. The van der Waals surface area contributed by atoms with Crippen LogP contribution in [-0.4, -0.2) is 27.7 Å². The summed E-state index contributed by atoms with van der Waals surface area (Å²) in [6, 6.07) is 20.6. The van der Waals surface area contributed by atoms with Crippen molar-refractivity contribution < 1.29 is 4.74 Å². The zero-order chi connectivity index (χ0) is 22.5. The standard InChI is InChI=1S/C26H29N5OS/c33-26(27-21-11-3-1-4-12-21)30-25-28-23(17-24(29-25)32-22-13-5-2-6-14-22)31-16-15-19-9-7-8-10-20(19)18-31/h2,5-10,13-14,17,21H,1,3-4,11-12,15-16,18H2,(H2,27,28,29,30,33). The first-order valence-electron chi connectivity index (χ1n) is 11.7. The fourth-order valence-corrected chi connectivity index (χ4v) is 4.81. The number of nitrogens with zero attached hydrogens (tertiary/aromatic N) is 3. The van der Waals surface area contributed by atoms with Gasteiger partial charge in [0, 0.05) is 25.2 Å². The topological polar surface area (TPSA) is 62.3 Å². The summed E-state index contributed by atoms with van der Waals surface area (Å²) >= 11 is 5.59. The number of para-hydroxylation sites is 1. The van der Waals surface area contributed by atoms with Gasteiger partial charge in [0.2, 0.25) is 11.8 Å². The normalized spacial score (nSPS) is 16.1. The molecule has 2 N–H and O–H groups in total. The molecule has 1 aliphatic heterocycles. The SMILES string of the molecule is S=C(Nc1nc(Oc2ccccc2)cc(N2CCc3ccccc3C2)n1)NC1CCCCC1. The molecule has 7 heteroatoms. The maximum absolute atomic E-state index is 6.07. The number of fused-ring (bicyclic) bond motifs is 1. The Hall–Kier alpha value is -3.19. The molecule has 0 atom stereocenters. The molecule has 2 heterocycles. The molecule has 2 aliphatic rings. The van der Waals surface area contributed by atoms with Crippen molar-refractivity contribution in [3.8, 4) is 11.6 Å². The zero-order valence-corrected chi connectivity index (χ0v) is 19.5. The summed E-state index contributed by atoms with van der Waals surface area (Å²) < 4.78 is 6.07. The predicted molar refractivity (Wildman–Crippen MR) is 136 cm³/mol. The number of benzene rings is 2. The first-order chi connectivity index (χ1) is 16.2. The summed E-state index contributed by atoms with van der Waals surface area (Å²) in [5, 5.41) is 7.20. The van der Waals surface area contributed by atoms with Crippen LogP contribution >= 0.6 is 12.2 Å². The molecule has 0 saturated heterocycles. The number of nitrogens with one attached hydrogen (secondary N) is 2. The van der Waals surface area contributed by atoms with Crippen molar-refractivity contribution in [1.82, 2.24) is 15.3 Å². The summed E-state index contributed by atoms with van der Waals surface area (Å²) in [6.45, 7) is 1.70. The highest BCUT2D eigenvalue weighted by atomic mass is 32.1. The third kappa shape index (κ3) is 5.60. The van der Waals surface area contributed by atoms with Gasteiger partial charge in [0.15, 0.2) is 5.11 Å². The molecule has 1 aromatic heterocycles. The van der Waals surface area contributed by atoms with Gasteiger partial charge in [0.05, 0.1) is 0 Å². The van der Waals surface area contributed by atoms with Gasteiger partial charge in [0.1, 0.15) is 11.6 Å². The first kappa shape index (κ1) is 21.6. The number of ether oxygens (including phenoxy) is 1. The fourth-order valence-electron chi connectivity index (χ4n) is 4.55. The molecule has 0 unspecified atom stereocenters. The van der Waals surface area contributed by atoms with Crippen molar-refractivity contribution in [3.05, 3.63) is 71.8 Å². The monoisotopic (exact) mass is 459 g/mol. The number of rotatable bonds is 5. The minimum atomic E-state index is 0.417. The van der Waals surface area contributed by atoms with Crippen molar-refractivity contribution in [1.29, 1.82) is 0 Å². The van der Waals surface area contributed by atoms with E-state index in [-0.39, 0.29) is 0 Å². The Morgan fingerprint density at radius 3 is 2.52 bits per heavy atom. The number of anilines is 2. The Labute approximate surface area is 200 Å². The molecule has 5 rings (SSSR count). The average Bonchev–Trinajstić information content (AvgIpc) is 2.85. The first-order valence-corrected chi connectivity index (χ1v) is 12.1. The molecular formula is C26H29N5OS. The quantitative estimate of drug-likeness (QED) is 0.492. The lowest BCUT2D eigenvalue weighted by atomic mass is 9.96. The molecule has 1 aliphatic carbocycles. The summed E-state index contributed by atoms with van der Waals surface area (Å²) in [5.74, 6) is 2.51. The fraction of sp³-hybridized carbons (Fsp3) is 0.346. The summed E-state index contributed by atoms with van der Waals surface area (Å²) in [5.41, 5.74) is 2.73. The van der Waals surface area contributed by atoms with Crippen LogP contribution in [-0.2, 0) is 13.0 Å². The van der Waals surface area contributed by atoms with Gasteiger partial charge in [-0.15, -0.1) is 0 Å². The molecular weight excluding hydrogens is 430 g/mol. The third-order valence-corrected chi connectivity index (χ3v) is 6.50. The molecule has 0 bridgehead atoms. The number of hydrogen-bond acceptors (Lipinski definition) is 5. The van der Waals surface area contributed by atoms with Crippen molar-refractivity contribution in [2.45, 2.75) is 51.1 Å². The smallest absolute Gasteiger partial charge is 0.234 e. The largest absolute Gasteiger partial charge is 0.439 e. The van der Waals surface area contributed by atoms with E-state index in [0.29, 0.717) is 23.0 Å². The van der Waals surface area contributed by atoms with Crippen LogP contribution in [0.3, 0.4) is 0 Å². The lowest BCUT2D eigenvalue weighted by Crippen LogP contribution is -2.39. The molecule has 33 heavy (non-hydrogen) atoms. The molecule has 1 fully saturated rings. The Morgan fingerprint density at radius 2 is 1.70 bits per heavy atom. The molecule has 0 amide bonds. The zero-order valence-electron chi connectivity index (χ0n) is 18.7. The van der Waals surface area contributed by atoms with Crippen molar-refractivity contribution in [3.63, 3.8) is 0 Å². The highest BCUT2D eigenvalue weighted by Crippen LogP contribution is 2.28. The van der Waals surface area contributed by atoms with E-state index in [1.807, 2.05) is 36.4 Å². The van der Waals surface area contributed by atoms with Crippen LogP contribution in [0.1, 0.15) is 43.2 Å². The molecule has 2 aromatic carbocycles. The van der Waals surface area contributed by atoms with E-state index >= 15 is 0 Å². The van der Waals surface area contributed by atoms with Crippen LogP contribution < -0.4 is 20.3 Å². The average molecular weight is 460 g/mol. The second kappa shape index (κ2) is 10.2. The van der Waals surface area contributed by atoms with Crippen molar-refractivity contribution >= 4 is 29.1 Å². The Bertz CT molecular complexity index is 1100. The van der Waals surface area contributed by atoms with Gasteiger partial charge in [-0.1, -0.05) is 61.7 Å². The summed E-state index contributed by atoms with van der Waals surface area (Å²) in [4.78, 5) is 11.7. The van der Waals surface area contributed by atoms with E-state index in [1.165, 1.54) is 30.4 Å². The maximum atomic E-state index is 6.07. The molecule has 3 aromatic rings. The number of hydrogen-bond donors (Lipinski definition) is 2. The second-order valence-corrected chi connectivity index (χ2v) is 9.09. The van der Waals surface area contributed by atoms with Crippen LogP contribution in [0, 0.1) is 0 Å². The second-order valence-electron chi connectivity index (χ2n) is 8.68. The van der Waals surface area contributed by atoms with Gasteiger partial charge in [-0.05, 0) is 54.7 Å². The maximum Gasteiger partial charge on any atom is 0.234 e. The number of thiocarbonyl (C=S) groups is 1. The van der Waals surface area contributed by atoms with E-state index in [1.54, 1.807) is 0 Å². The highest BCUT2D eigenvalue weighted by molar-refractivity contribution is 7.80. The van der Waals surface area contributed by atoms with Gasteiger partial charge in [0.25, 0.3) is 0 Å². The van der Waals surface area contributed by atoms with Gasteiger partial charge in [-0.25, -0.2) is 0 Å². The third-order valence-electron chi connectivity index (χ3n) is 6.28.